The molecule has 0 fully saturated rings. The maximum Gasteiger partial charge on any atom is 0.319 e. The molecule has 1 aliphatic rings. The zero-order valence-electron chi connectivity index (χ0n) is 23.0. The third kappa shape index (κ3) is 6.28. The Kier molecular flexibility index (Phi) is 7.92. The number of nitrogens with one attached hydrogen (secondary N) is 2. The van der Waals surface area contributed by atoms with Gasteiger partial charge in [-0.05, 0) is 114 Å². The van der Waals surface area contributed by atoms with E-state index in [0.29, 0.717) is 23.9 Å². The molecule has 0 spiro atoms. The molecule has 4 aromatic rings. The SMILES string of the molecule is Cc1cc(CN(C)CCCCNC(=O)Nc2cc(-c3nnnn3C)cc(-c3nnnn3C)c2)cc2c1CCC2. The van der Waals surface area contributed by atoms with E-state index in [9.17, 15) is 4.79 Å². The summed E-state index contributed by atoms with van der Waals surface area (Å²) in [4.78, 5) is 15.0. The molecule has 0 radical (unpaired) electrons. The number of benzene rings is 2. The molecule has 2 N–H and O–H groups in total. The van der Waals surface area contributed by atoms with Gasteiger partial charge in [0.25, 0.3) is 0 Å². The van der Waals surface area contributed by atoms with Crippen molar-refractivity contribution in [3.05, 3.63) is 52.6 Å². The van der Waals surface area contributed by atoms with Crippen molar-refractivity contribution < 1.29 is 4.79 Å². The lowest BCUT2D eigenvalue weighted by Gasteiger charge is -2.18. The van der Waals surface area contributed by atoms with E-state index < -0.39 is 0 Å². The number of nitrogens with zero attached hydrogens (tertiary/aromatic N) is 9. The molecule has 2 aromatic heterocycles. The first kappa shape index (κ1) is 26.4. The molecule has 0 aliphatic heterocycles. The van der Waals surface area contributed by atoms with Crippen LogP contribution in [0.3, 0.4) is 0 Å². The summed E-state index contributed by atoms with van der Waals surface area (Å²) in [6.07, 6.45) is 5.60. The molecule has 2 aromatic carbocycles. The number of aryl methyl sites for hydroxylation is 4. The molecule has 39 heavy (non-hydrogen) atoms. The number of amides is 2. The number of rotatable bonds is 10. The van der Waals surface area contributed by atoms with Crippen LogP contribution in [0.2, 0.25) is 0 Å². The van der Waals surface area contributed by atoms with Gasteiger partial charge in [-0.15, -0.1) is 10.2 Å². The van der Waals surface area contributed by atoms with Crippen LogP contribution in [0.15, 0.2) is 30.3 Å². The topological polar surface area (TPSA) is 132 Å². The zero-order valence-corrected chi connectivity index (χ0v) is 23.0. The van der Waals surface area contributed by atoms with Gasteiger partial charge in [-0.3, -0.25) is 0 Å². The zero-order chi connectivity index (χ0) is 27.4. The van der Waals surface area contributed by atoms with E-state index >= 15 is 0 Å². The van der Waals surface area contributed by atoms with Crippen LogP contribution < -0.4 is 10.6 Å². The highest BCUT2D eigenvalue weighted by molar-refractivity contribution is 5.91. The number of anilines is 1. The molecule has 0 atom stereocenters. The van der Waals surface area contributed by atoms with Gasteiger partial charge in [0.1, 0.15) is 0 Å². The van der Waals surface area contributed by atoms with Crippen LogP contribution in [0.25, 0.3) is 22.8 Å². The first-order valence-corrected chi connectivity index (χ1v) is 13.3. The first-order chi connectivity index (χ1) is 18.9. The number of unbranched alkanes of at least 4 members (excludes halogenated alkanes) is 1. The Bertz CT molecular complexity index is 1400. The number of hydrogen-bond acceptors (Lipinski definition) is 8. The molecule has 204 valence electrons. The number of fused-ring (bicyclic) bond motifs is 1. The van der Waals surface area contributed by atoms with E-state index in [1.54, 1.807) is 29.0 Å². The molecule has 12 nitrogen and oxygen atoms in total. The van der Waals surface area contributed by atoms with Gasteiger partial charge in [0, 0.05) is 44.0 Å². The van der Waals surface area contributed by atoms with E-state index in [2.05, 4.69) is 72.7 Å². The van der Waals surface area contributed by atoms with E-state index in [1.807, 2.05) is 18.2 Å². The second-order valence-electron chi connectivity index (χ2n) is 10.3. The fourth-order valence-corrected chi connectivity index (χ4v) is 5.28. The molecular weight excluding hydrogens is 494 g/mol. The molecule has 0 saturated heterocycles. The van der Waals surface area contributed by atoms with Crippen molar-refractivity contribution in [3.8, 4) is 22.8 Å². The number of hydrogen-bond donors (Lipinski definition) is 2. The maximum atomic E-state index is 12.7. The van der Waals surface area contributed by atoms with E-state index in [-0.39, 0.29) is 6.03 Å². The second kappa shape index (κ2) is 11.7. The minimum atomic E-state index is -0.271. The summed E-state index contributed by atoms with van der Waals surface area (Å²) in [6.45, 7) is 4.75. The van der Waals surface area contributed by atoms with Gasteiger partial charge >= 0.3 is 6.03 Å². The quantitative estimate of drug-likeness (QED) is 0.300. The van der Waals surface area contributed by atoms with Crippen LogP contribution in [0.4, 0.5) is 10.5 Å². The van der Waals surface area contributed by atoms with Gasteiger partial charge in [-0.1, -0.05) is 12.1 Å². The Morgan fingerprint density at radius 1 is 0.949 bits per heavy atom. The Hall–Kier alpha value is -4.19. The van der Waals surface area contributed by atoms with Crippen molar-refractivity contribution >= 4 is 11.7 Å². The molecular formula is C27H35N11O. The Labute approximate surface area is 227 Å². The Balaban J connectivity index is 1.12. The van der Waals surface area contributed by atoms with Gasteiger partial charge in [-0.2, -0.15) is 0 Å². The smallest absolute Gasteiger partial charge is 0.319 e. The monoisotopic (exact) mass is 529 g/mol. The van der Waals surface area contributed by atoms with Gasteiger partial charge in [0.05, 0.1) is 0 Å². The molecule has 1 aliphatic carbocycles. The summed E-state index contributed by atoms with van der Waals surface area (Å²) >= 11 is 0. The Morgan fingerprint density at radius 3 is 2.28 bits per heavy atom. The van der Waals surface area contributed by atoms with Crippen LogP contribution in [0.5, 0.6) is 0 Å². The summed E-state index contributed by atoms with van der Waals surface area (Å²) in [6, 6.07) is 10.0. The van der Waals surface area contributed by atoms with Gasteiger partial charge in [0.15, 0.2) is 11.6 Å². The van der Waals surface area contributed by atoms with E-state index in [1.165, 1.54) is 36.0 Å². The Morgan fingerprint density at radius 2 is 1.64 bits per heavy atom. The highest BCUT2D eigenvalue weighted by atomic mass is 16.2. The summed E-state index contributed by atoms with van der Waals surface area (Å²) < 4.78 is 3.14. The first-order valence-electron chi connectivity index (χ1n) is 13.3. The van der Waals surface area contributed by atoms with Crippen molar-refractivity contribution in [1.29, 1.82) is 0 Å². The van der Waals surface area contributed by atoms with Crippen LogP contribution >= 0.6 is 0 Å². The summed E-state index contributed by atoms with van der Waals surface area (Å²) in [5.41, 5.74) is 7.99. The number of urea groups is 1. The van der Waals surface area contributed by atoms with Crippen LogP contribution in [0.1, 0.15) is 41.5 Å². The maximum absolute atomic E-state index is 12.7. The highest BCUT2D eigenvalue weighted by Crippen LogP contribution is 2.28. The lowest BCUT2D eigenvalue weighted by molar-refractivity contribution is 0.251. The lowest BCUT2D eigenvalue weighted by Crippen LogP contribution is -2.30. The molecule has 5 rings (SSSR count). The molecule has 0 bridgehead atoms. The van der Waals surface area contributed by atoms with Crippen LogP contribution in [-0.2, 0) is 33.5 Å². The van der Waals surface area contributed by atoms with Crippen molar-refractivity contribution in [1.82, 2.24) is 50.6 Å². The predicted molar refractivity (Wildman–Crippen MR) is 148 cm³/mol. The molecule has 0 unspecified atom stereocenters. The average Bonchev–Trinajstić information content (AvgIpc) is 3.65. The summed E-state index contributed by atoms with van der Waals surface area (Å²) in [7, 11) is 5.68. The van der Waals surface area contributed by atoms with Crippen LogP contribution in [-0.4, -0.2) is 71.5 Å². The normalized spacial score (nSPS) is 12.6. The third-order valence-corrected chi connectivity index (χ3v) is 7.15. The van der Waals surface area contributed by atoms with Gasteiger partial charge in [-0.25, -0.2) is 14.2 Å². The average molecular weight is 530 g/mol. The van der Waals surface area contributed by atoms with Gasteiger partial charge < -0.3 is 15.5 Å². The number of carbonyl (C=O) groups is 1. The molecule has 2 heterocycles. The lowest BCUT2D eigenvalue weighted by atomic mass is 10.0. The minimum absolute atomic E-state index is 0.271. The molecule has 12 heteroatoms. The van der Waals surface area contributed by atoms with Crippen molar-refractivity contribution in [2.24, 2.45) is 14.1 Å². The fraction of sp³-hybridized carbons (Fsp3) is 0.444. The standard InChI is InChI=1S/C27H35N11O/c1-18-12-19(13-20-8-7-9-24(18)20)17-36(2)11-6-5-10-28-27(39)29-23-15-21(25-30-32-34-37(25)3)14-22(16-23)26-31-33-35-38(26)4/h12-16H,5-11,17H2,1-4H3,(H2,28,29,39). The van der Waals surface area contributed by atoms with Crippen molar-refractivity contribution in [2.75, 3.05) is 25.5 Å². The largest absolute Gasteiger partial charge is 0.338 e. The number of aromatic nitrogens is 8. The third-order valence-electron chi connectivity index (χ3n) is 7.15. The molecule has 2 amide bonds. The fourth-order valence-electron chi connectivity index (χ4n) is 5.28. The van der Waals surface area contributed by atoms with Gasteiger partial charge in [0.2, 0.25) is 0 Å². The molecule has 0 saturated carbocycles. The number of tetrazole rings is 2. The summed E-state index contributed by atoms with van der Waals surface area (Å²) in [5, 5.41) is 29.3. The second-order valence-corrected chi connectivity index (χ2v) is 10.3. The van der Waals surface area contributed by atoms with Crippen molar-refractivity contribution in [2.45, 2.75) is 45.6 Å². The minimum Gasteiger partial charge on any atom is -0.338 e. The van der Waals surface area contributed by atoms with E-state index in [4.69, 9.17) is 0 Å². The van der Waals surface area contributed by atoms with E-state index in [0.717, 1.165) is 37.1 Å². The highest BCUT2D eigenvalue weighted by Gasteiger charge is 2.16. The summed E-state index contributed by atoms with van der Waals surface area (Å²) in [5.74, 6) is 1.13. The number of carbonyl (C=O) groups excluding carboxylic acids is 1. The predicted octanol–water partition coefficient (Wildman–Crippen LogP) is 2.90. The van der Waals surface area contributed by atoms with Crippen LogP contribution in [0, 0.1) is 6.92 Å². The van der Waals surface area contributed by atoms with Crippen molar-refractivity contribution in [3.63, 3.8) is 0 Å².